The molecule has 94 valence electrons. The molecule has 0 saturated carbocycles. The molecular weight excluding hydrogens is 279 g/mol. The Bertz CT molecular complexity index is 670. The van der Waals surface area contributed by atoms with Crippen LogP contribution in [0.3, 0.4) is 0 Å². The van der Waals surface area contributed by atoms with Crippen LogP contribution in [0, 0.1) is 18.3 Å². The Morgan fingerprint density at radius 2 is 1.89 bits per heavy atom. The molecule has 1 heterocycles. The van der Waals surface area contributed by atoms with Crippen LogP contribution in [0.1, 0.15) is 16.7 Å². The Kier molecular flexibility index (Phi) is 4.21. The van der Waals surface area contributed by atoms with Gasteiger partial charge in [0, 0.05) is 17.4 Å². The van der Waals surface area contributed by atoms with Gasteiger partial charge in [0.2, 0.25) is 0 Å². The maximum atomic E-state index is 9.32. The Morgan fingerprint density at radius 3 is 2.47 bits per heavy atom. The summed E-state index contributed by atoms with van der Waals surface area (Å²) in [6, 6.07) is 11.1. The van der Waals surface area contributed by atoms with Gasteiger partial charge in [0.15, 0.2) is 0 Å². The number of rotatable bonds is 2. The van der Waals surface area contributed by atoms with Crippen LogP contribution < -0.4 is 0 Å². The monoisotopic (exact) mass is 288 g/mol. The van der Waals surface area contributed by atoms with E-state index in [2.05, 4.69) is 11.1 Å². The maximum absolute atomic E-state index is 9.32. The van der Waals surface area contributed by atoms with Crippen LogP contribution in [0.15, 0.2) is 42.7 Å². The van der Waals surface area contributed by atoms with Crippen molar-refractivity contribution >= 4 is 33.8 Å². The molecular formula is C15H10Cl2N2. The summed E-state index contributed by atoms with van der Waals surface area (Å²) < 4.78 is 0. The molecule has 0 aliphatic carbocycles. The second-order valence-corrected chi connectivity index (χ2v) is 4.81. The SMILES string of the molecule is Cc1cc(Cl)ccc1/C(Cl)=C(/C#N)c1ccncc1. The highest BCUT2D eigenvalue weighted by atomic mass is 35.5. The van der Waals surface area contributed by atoms with E-state index in [-0.39, 0.29) is 0 Å². The molecule has 0 amide bonds. The number of nitrogens with zero attached hydrogens (tertiary/aromatic N) is 2. The first-order chi connectivity index (χ1) is 9.13. The normalized spacial score (nSPS) is 11.7. The molecule has 0 aliphatic heterocycles. The summed E-state index contributed by atoms with van der Waals surface area (Å²) in [6.45, 7) is 1.91. The first-order valence-corrected chi connectivity index (χ1v) is 6.36. The Balaban J connectivity index is 2.59. The van der Waals surface area contributed by atoms with E-state index >= 15 is 0 Å². The van der Waals surface area contributed by atoms with E-state index in [0.29, 0.717) is 15.6 Å². The lowest BCUT2D eigenvalue weighted by atomic mass is 10.0. The molecule has 0 atom stereocenters. The number of hydrogen-bond donors (Lipinski definition) is 0. The number of hydrogen-bond acceptors (Lipinski definition) is 2. The van der Waals surface area contributed by atoms with Crippen LogP contribution in [0.5, 0.6) is 0 Å². The molecule has 2 aromatic rings. The lowest BCUT2D eigenvalue weighted by Gasteiger charge is -2.08. The minimum absolute atomic E-state index is 0.419. The van der Waals surface area contributed by atoms with E-state index < -0.39 is 0 Å². The summed E-state index contributed by atoms with van der Waals surface area (Å²) in [6.07, 6.45) is 3.26. The van der Waals surface area contributed by atoms with E-state index in [1.807, 2.05) is 19.1 Å². The summed E-state index contributed by atoms with van der Waals surface area (Å²) in [7, 11) is 0. The van der Waals surface area contributed by atoms with Crippen molar-refractivity contribution in [3.8, 4) is 6.07 Å². The van der Waals surface area contributed by atoms with Crippen LogP contribution in [0.2, 0.25) is 5.02 Å². The predicted molar refractivity (Wildman–Crippen MR) is 78.7 cm³/mol. The third-order valence-electron chi connectivity index (χ3n) is 2.73. The van der Waals surface area contributed by atoms with Crippen LogP contribution in [-0.2, 0) is 0 Å². The number of halogens is 2. The summed E-state index contributed by atoms with van der Waals surface area (Å²) >= 11 is 12.3. The molecule has 0 spiro atoms. The molecule has 0 N–H and O–H groups in total. The molecule has 19 heavy (non-hydrogen) atoms. The van der Waals surface area contributed by atoms with Crippen molar-refractivity contribution in [3.05, 3.63) is 64.4 Å². The fraction of sp³-hybridized carbons (Fsp3) is 0.0667. The molecule has 2 nitrogen and oxygen atoms in total. The number of nitriles is 1. The van der Waals surface area contributed by atoms with Gasteiger partial charge in [-0.1, -0.05) is 29.3 Å². The van der Waals surface area contributed by atoms with Gasteiger partial charge in [-0.15, -0.1) is 0 Å². The maximum Gasteiger partial charge on any atom is 0.101 e. The van der Waals surface area contributed by atoms with Gasteiger partial charge in [0.05, 0.1) is 10.6 Å². The number of pyridine rings is 1. The third-order valence-corrected chi connectivity index (χ3v) is 3.35. The lowest BCUT2D eigenvalue weighted by molar-refractivity contribution is 1.32. The summed E-state index contributed by atoms with van der Waals surface area (Å²) in [5.41, 5.74) is 2.91. The van der Waals surface area contributed by atoms with Gasteiger partial charge in [-0.2, -0.15) is 5.26 Å². The van der Waals surface area contributed by atoms with Crippen molar-refractivity contribution < 1.29 is 0 Å². The Morgan fingerprint density at radius 1 is 1.21 bits per heavy atom. The number of allylic oxidation sites excluding steroid dienone is 1. The van der Waals surface area contributed by atoms with Crippen molar-refractivity contribution in [2.75, 3.05) is 0 Å². The second-order valence-electron chi connectivity index (χ2n) is 4.00. The van der Waals surface area contributed by atoms with Gasteiger partial charge >= 0.3 is 0 Å². The standard InChI is InChI=1S/C15H10Cl2N2/c1-10-8-12(16)2-3-13(10)15(17)14(9-18)11-4-6-19-7-5-11/h2-8H,1H3/b15-14+. The van der Waals surface area contributed by atoms with Gasteiger partial charge in [-0.25, -0.2) is 0 Å². The van der Waals surface area contributed by atoms with E-state index in [0.717, 1.165) is 16.7 Å². The predicted octanol–water partition coefficient (Wildman–Crippen LogP) is 4.67. The molecule has 0 bridgehead atoms. The van der Waals surface area contributed by atoms with Crippen LogP contribution in [0.4, 0.5) is 0 Å². The molecule has 0 unspecified atom stereocenters. The molecule has 1 aromatic carbocycles. The van der Waals surface area contributed by atoms with Crippen LogP contribution in [0.25, 0.3) is 10.6 Å². The summed E-state index contributed by atoms with van der Waals surface area (Å²) in [5.74, 6) is 0. The van der Waals surface area contributed by atoms with E-state index in [4.69, 9.17) is 23.2 Å². The highest BCUT2D eigenvalue weighted by Crippen LogP contribution is 2.31. The van der Waals surface area contributed by atoms with Gasteiger partial charge in [-0.3, -0.25) is 4.98 Å². The quantitative estimate of drug-likeness (QED) is 0.753. The largest absolute Gasteiger partial charge is 0.265 e. The molecule has 0 saturated heterocycles. The Hall–Kier alpha value is -1.82. The van der Waals surface area contributed by atoms with Crippen molar-refractivity contribution in [2.45, 2.75) is 6.92 Å². The fourth-order valence-corrected chi connectivity index (χ4v) is 2.36. The van der Waals surface area contributed by atoms with Crippen molar-refractivity contribution in [1.82, 2.24) is 4.98 Å². The first kappa shape index (κ1) is 13.6. The van der Waals surface area contributed by atoms with Gasteiger partial charge in [0.1, 0.15) is 6.07 Å². The average Bonchev–Trinajstić information content (AvgIpc) is 2.40. The smallest absolute Gasteiger partial charge is 0.101 e. The molecule has 0 aliphatic rings. The van der Waals surface area contributed by atoms with Gasteiger partial charge in [-0.05, 0) is 47.9 Å². The third kappa shape index (κ3) is 2.96. The minimum Gasteiger partial charge on any atom is -0.265 e. The van der Waals surface area contributed by atoms with Crippen molar-refractivity contribution in [1.29, 1.82) is 5.26 Å². The van der Waals surface area contributed by atoms with Gasteiger partial charge < -0.3 is 0 Å². The zero-order valence-electron chi connectivity index (χ0n) is 10.2. The molecule has 2 rings (SSSR count). The second kappa shape index (κ2) is 5.88. The minimum atomic E-state index is 0.419. The number of benzene rings is 1. The van der Waals surface area contributed by atoms with E-state index in [9.17, 15) is 5.26 Å². The van der Waals surface area contributed by atoms with Crippen LogP contribution in [-0.4, -0.2) is 4.98 Å². The Labute approximate surface area is 121 Å². The highest BCUT2D eigenvalue weighted by molar-refractivity contribution is 6.53. The summed E-state index contributed by atoms with van der Waals surface area (Å²) in [5, 5.41) is 10.4. The summed E-state index contributed by atoms with van der Waals surface area (Å²) in [4.78, 5) is 3.93. The topological polar surface area (TPSA) is 36.7 Å². The number of aromatic nitrogens is 1. The van der Waals surface area contributed by atoms with Gasteiger partial charge in [0.25, 0.3) is 0 Å². The molecule has 1 aromatic heterocycles. The first-order valence-electron chi connectivity index (χ1n) is 5.60. The van der Waals surface area contributed by atoms with E-state index in [1.165, 1.54) is 0 Å². The zero-order valence-corrected chi connectivity index (χ0v) is 11.7. The van der Waals surface area contributed by atoms with E-state index in [1.54, 1.807) is 30.6 Å². The fourth-order valence-electron chi connectivity index (χ4n) is 1.77. The lowest BCUT2D eigenvalue weighted by Crippen LogP contribution is -1.89. The average molecular weight is 289 g/mol. The van der Waals surface area contributed by atoms with Crippen LogP contribution >= 0.6 is 23.2 Å². The van der Waals surface area contributed by atoms with Crippen molar-refractivity contribution in [2.24, 2.45) is 0 Å². The van der Waals surface area contributed by atoms with Crippen molar-refractivity contribution in [3.63, 3.8) is 0 Å². The highest BCUT2D eigenvalue weighted by Gasteiger charge is 2.11. The molecule has 4 heteroatoms. The number of aryl methyl sites for hydroxylation is 1. The zero-order chi connectivity index (χ0) is 13.8. The molecule has 0 fully saturated rings. The molecule has 0 radical (unpaired) electrons.